The van der Waals surface area contributed by atoms with Crippen LogP contribution in [0.3, 0.4) is 0 Å². The maximum atomic E-state index is 12.6. The van der Waals surface area contributed by atoms with Gasteiger partial charge < -0.3 is 14.5 Å². The van der Waals surface area contributed by atoms with Gasteiger partial charge in [-0.3, -0.25) is 4.79 Å². The summed E-state index contributed by atoms with van der Waals surface area (Å²) in [6.07, 6.45) is 2.95. The van der Waals surface area contributed by atoms with Crippen molar-refractivity contribution in [3.05, 3.63) is 34.3 Å². The molecule has 6 heteroatoms. The number of likely N-dealkylation sites (tertiary alicyclic amines) is 1. The summed E-state index contributed by atoms with van der Waals surface area (Å²) >= 11 is 3.54. The summed E-state index contributed by atoms with van der Waals surface area (Å²) in [6.45, 7) is 7.73. The highest BCUT2D eigenvalue weighted by Gasteiger charge is 2.27. The quantitative estimate of drug-likeness (QED) is 0.680. The number of ether oxygens (including phenoxy) is 1. The van der Waals surface area contributed by atoms with Crippen LogP contribution in [0.1, 0.15) is 45.6 Å². The molecule has 1 unspecified atom stereocenters. The molecule has 1 atom stereocenters. The lowest BCUT2D eigenvalue weighted by Crippen LogP contribution is -2.45. The Labute approximate surface area is 171 Å². The number of benzene rings is 1. The molecule has 2 rings (SSSR count). The van der Waals surface area contributed by atoms with Gasteiger partial charge in [-0.05, 0) is 57.6 Å². The largest absolute Gasteiger partial charge is 0.444 e. The predicted molar refractivity (Wildman–Crippen MR) is 111 cm³/mol. The number of rotatable bonds is 5. The molecule has 0 aromatic heterocycles. The van der Waals surface area contributed by atoms with Gasteiger partial charge in [0.05, 0.1) is 0 Å². The summed E-state index contributed by atoms with van der Waals surface area (Å²) < 4.78 is 6.47. The van der Waals surface area contributed by atoms with Crippen molar-refractivity contribution in [2.45, 2.75) is 52.1 Å². The van der Waals surface area contributed by atoms with Crippen molar-refractivity contribution in [2.75, 3.05) is 26.7 Å². The monoisotopic (exact) mass is 438 g/mol. The molecule has 1 saturated heterocycles. The van der Waals surface area contributed by atoms with E-state index in [0.29, 0.717) is 25.4 Å². The second kappa shape index (κ2) is 9.58. The molecule has 27 heavy (non-hydrogen) atoms. The predicted octanol–water partition coefficient (Wildman–Crippen LogP) is 4.49. The van der Waals surface area contributed by atoms with E-state index in [-0.39, 0.29) is 12.0 Å². The van der Waals surface area contributed by atoms with Crippen LogP contribution in [0.15, 0.2) is 28.7 Å². The maximum Gasteiger partial charge on any atom is 0.410 e. The molecule has 2 amide bonds. The summed E-state index contributed by atoms with van der Waals surface area (Å²) in [5.74, 6) is 0.485. The summed E-state index contributed by atoms with van der Waals surface area (Å²) in [6, 6.07) is 8.02. The Balaban J connectivity index is 1.83. The Morgan fingerprint density at radius 3 is 2.67 bits per heavy atom. The third-order valence-electron chi connectivity index (χ3n) is 4.67. The Morgan fingerprint density at radius 1 is 1.30 bits per heavy atom. The number of nitrogens with zero attached hydrogens (tertiary/aromatic N) is 2. The molecule has 1 aliphatic heterocycles. The molecule has 1 aromatic carbocycles. The van der Waals surface area contributed by atoms with Crippen LogP contribution < -0.4 is 0 Å². The number of carbonyl (C=O) groups is 2. The van der Waals surface area contributed by atoms with Gasteiger partial charge in [-0.2, -0.15) is 0 Å². The van der Waals surface area contributed by atoms with Gasteiger partial charge in [0.2, 0.25) is 5.91 Å². The molecular weight excluding hydrogens is 408 g/mol. The van der Waals surface area contributed by atoms with E-state index in [9.17, 15) is 9.59 Å². The van der Waals surface area contributed by atoms with Gasteiger partial charge >= 0.3 is 6.09 Å². The highest BCUT2D eigenvalue weighted by molar-refractivity contribution is 9.10. The molecule has 5 nitrogen and oxygen atoms in total. The third kappa shape index (κ3) is 7.17. The lowest BCUT2D eigenvalue weighted by molar-refractivity contribution is -0.133. The summed E-state index contributed by atoms with van der Waals surface area (Å²) in [5, 5.41) is 0. The molecule has 1 heterocycles. The Hall–Kier alpha value is -1.56. The number of piperidine rings is 1. The fourth-order valence-corrected chi connectivity index (χ4v) is 3.83. The van der Waals surface area contributed by atoms with Gasteiger partial charge in [-0.15, -0.1) is 0 Å². The number of aryl methyl sites for hydroxylation is 1. The Kier molecular flexibility index (Phi) is 7.71. The van der Waals surface area contributed by atoms with E-state index in [4.69, 9.17) is 4.74 Å². The van der Waals surface area contributed by atoms with Crippen molar-refractivity contribution < 1.29 is 14.3 Å². The molecular formula is C21H31BrN2O3. The van der Waals surface area contributed by atoms with Crippen LogP contribution in [0.5, 0.6) is 0 Å². The van der Waals surface area contributed by atoms with Gasteiger partial charge in [-0.25, -0.2) is 4.79 Å². The van der Waals surface area contributed by atoms with E-state index in [1.807, 2.05) is 49.9 Å². The second-order valence-corrected chi connectivity index (χ2v) is 9.15. The molecule has 1 aromatic rings. The average molecular weight is 439 g/mol. The van der Waals surface area contributed by atoms with E-state index < -0.39 is 5.60 Å². The van der Waals surface area contributed by atoms with Gasteiger partial charge in [0.15, 0.2) is 0 Å². The van der Waals surface area contributed by atoms with Crippen LogP contribution in [-0.4, -0.2) is 54.1 Å². The highest BCUT2D eigenvalue weighted by atomic mass is 79.9. The van der Waals surface area contributed by atoms with Crippen LogP contribution in [0.4, 0.5) is 4.79 Å². The van der Waals surface area contributed by atoms with Crippen LogP contribution in [-0.2, 0) is 16.0 Å². The number of hydrogen-bond acceptors (Lipinski definition) is 3. The van der Waals surface area contributed by atoms with Crippen LogP contribution in [0.25, 0.3) is 0 Å². The standard InChI is InChI=1S/C21H31BrN2O3/c1-21(2,3)27-20(26)23(4)14-16-8-7-13-24(15-16)19(25)12-11-17-9-5-6-10-18(17)22/h5-6,9-10,16H,7-8,11-15H2,1-4H3. The summed E-state index contributed by atoms with van der Waals surface area (Å²) in [7, 11) is 1.77. The lowest BCUT2D eigenvalue weighted by atomic mass is 9.97. The highest BCUT2D eigenvalue weighted by Crippen LogP contribution is 2.21. The molecule has 0 saturated carbocycles. The van der Waals surface area contributed by atoms with Crippen LogP contribution in [0, 0.1) is 5.92 Å². The van der Waals surface area contributed by atoms with Gasteiger partial charge in [-0.1, -0.05) is 34.1 Å². The van der Waals surface area contributed by atoms with E-state index in [1.54, 1.807) is 11.9 Å². The zero-order valence-corrected chi connectivity index (χ0v) is 18.4. The minimum absolute atomic E-state index is 0.190. The van der Waals surface area contributed by atoms with E-state index in [0.717, 1.165) is 35.8 Å². The molecule has 0 radical (unpaired) electrons. The normalized spacial score (nSPS) is 17.5. The van der Waals surface area contributed by atoms with Crippen molar-refractivity contribution in [3.63, 3.8) is 0 Å². The zero-order chi connectivity index (χ0) is 20.0. The number of amides is 2. The Morgan fingerprint density at radius 2 is 2.00 bits per heavy atom. The molecule has 150 valence electrons. The number of hydrogen-bond donors (Lipinski definition) is 0. The van der Waals surface area contributed by atoms with Crippen LogP contribution in [0.2, 0.25) is 0 Å². The van der Waals surface area contributed by atoms with E-state index in [2.05, 4.69) is 15.9 Å². The second-order valence-electron chi connectivity index (χ2n) is 8.30. The fourth-order valence-electron chi connectivity index (χ4n) is 3.34. The lowest BCUT2D eigenvalue weighted by Gasteiger charge is -2.35. The first kappa shape index (κ1) is 21.7. The molecule has 0 spiro atoms. The first-order valence-corrected chi connectivity index (χ1v) is 10.4. The Bertz CT molecular complexity index is 657. The summed E-state index contributed by atoms with van der Waals surface area (Å²) in [5.41, 5.74) is 0.662. The number of halogens is 1. The molecule has 0 aliphatic carbocycles. The van der Waals surface area contributed by atoms with Crippen molar-refractivity contribution in [2.24, 2.45) is 5.92 Å². The van der Waals surface area contributed by atoms with Gasteiger partial charge in [0.1, 0.15) is 5.60 Å². The average Bonchev–Trinajstić information content (AvgIpc) is 2.59. The number of carbonyl (C=O) groups excluding carboxylic acids is 2. The van der Waals surface area contributed by atoms with Crippen LogP contribution >= 0.6 is 15.9 Å². The topological polar surface area (TPSA) is 49.9 Å². The smallest absolute Gasteiger partial charge is 0.410 e. The van der Waals surface area contributed by atoms with E-state index in [1.165, 1.54) is 0 Å². The minimum Gasteiger partial charge on any atom is -0.444 e. The SMILES string of the molecule is CN(CC1CCCN(C(=O)CCc2ccccc2Br)C1)C(=O)OC(C)(C)C. The fraction of sp³-hybridized carbons (Fsp3) is 0.619. The third-order valence-corrected chi connectivity index (χ3v) is 5.45. The van der Waals surface area contributed by atoms with Gasteiger partial charge in [0.25, 0.3) is 0 Å². The minimum atomic E-state index is -0.494. The van der Waals surface area contributed by atoms with Crippen molar-refractivity contribution in [3.8, 4) is 0 Å². The molecule has 0 N–H and O–H groups in total. The van der Waals surface area contributed by atoms with Crippen molar-refractivity contribution in [1.82, 2.24) is 9.80 Å². The molecule has 1 aliphatic rings. The maximum absolute atomic E-state index is 12.6. The van der Waals surface area contributed by atoms with Crippen molar-refractivity contribution >= 4 is 27.9 Å². The zero-order valence-electron chi connectivity index (χ0n) is 16.8. The molecule has 1 fully saturated rings. The molecule has 0 bridgehead atoms. The van der Waals surface area contributed by atoms with E-state index >= 15 is 0 Å². The van der Waals surface area contributed by atoms with Crippen molar-refractivity contribution in [1.29, 1.82) is 0 Å². The summed E-state index contributed by atoms with van der Waals surface area (Å²) in [4.78, 5) is 28.4. The first-order valence-electron chi connectivity index (χ1n) is 9.61. The first-order chi connectivity index (χ1) is 12.7. The van der Waals surface area contributed by atoms with Gasteiger partial charge in [0, 0.05) is 37.6 Å².